The number of halogens is 1. The zero-order valence-electron chi connectivity index (χ0n) is 16.9. The Labute approximate surface area is 189 Å². The Bertz CT molecular complexity index is 1320. The summed E-state index contributed by atoms with van der Waals surface area (Å²) in [6.07, 6.45) is 1.98. The number of carboxylic acids is 1. The quantitative estimate of drug-likeness (QED) is 0.363. The maximum Gasteiger partial charge on any atom is 0.337 e. The number of ether oxygens (including phenoxy) is 1. The lowest BCUT2D eigenvalue weighted by Crippen LogP contribution is -2.20. The Morgan fingerprint density at radius 1 is 1.06 bits per heavy atom. The van der Waals surface area contributed by atoms with E-state index in [4.69, 9.17) is 22.1 Å². The monoisotopic (exact) mass is 449 g/mol. The minimum absolute atomic E-state index is 0.105. The van der Waals surface area contributed by atoms with Gasteiger partial charge < -0.3 is 25.5 Å². The van der Waals surface area contributed by atoms with Crippen molar-refractivity contribution in [1.82, 2.24) is 4.57 Å². The van der Waals surface area contributed by atoms with E-state index >= 15 is 0 Å². The van der Waals surface area contributed by atoms with Crippen LogP contribution in [0.1, 0.15) is 15.9 Å². The van der Waals surface area contributed by atoms with E-state index in [2.05, 4.69) is 9.88 Å². The summed E-state index contributed by atoms with van der Waals surface area (Å²) < 4.78 is 7.47. The average Bonchev–Trinajstić information content (AvgIpc) is 3.15. The molecule has 0 saturated carbocycles. The van der Waals surface area contributed by atoms with Gasteiger partial charge in [-0.2, -0.15) is 0 Å². The highest BCUT2D eigenvalue weighted by atomic mass is 35.5. The number of nitrogens with zero attached hydrogens (tertiary/aromatic N) is 1. The van der Waals surface area contributed by atoms with Crippen LogP contribution in [-0.4, -0.2) is 28.2 Å². The highest BCUT2D eigenvalue weighted by Crippen LogP contribution is 2.27. The molecule has 162 valence electrons. The van der Waals surface area contributed by atoms with Crippen LogP contribution in [0.25, 0.3) is 10.9 Å². The van der Waals surface area contributed by atoms with Gasteiger partial charge in [-0.3, -0.25) is 4.79 Å². The van der Waals surface area contributed by atoms with E-state index < -0.39 is 11.9 Å². The third-order valence-corrected chi connectivity index (χ3v) is 5.13. The second kappa shape index (κ2) is 9.03. The number of nitrogens with one attached hydrogen (secondary N) is 1. The summed E-state index contributed by atoms with van der Waals surface area (Å²) in [5.74, 6) is -0.990. The van der Waals surface area contributed by atoms with Crippen molar-refractivity contribution in [3.8, 4) is 5.75 Å². The average molecular weight is 450 g/mol. The van der Waals surface area contributed by atoms with Crippen LogP contribution in [-0.2, 0) is 11.3 Å². The highest BCUT2D eigenvalue weighted by molar-refractivity contribution is 6.31. The topological polar surface area (TPSA) is 107 Å². The van der Waals surface area contributed by atoms with Crippen LogP contribution in [0.5, 0.6) is 5.75 Å². The van der Waals surface area contributed by atoms with E-state index in [0.717, 1.165) is 22.2 Å². The summed E-state index contributed by atoms with van der Waals surface area (Å²) in [7, 11) is 0. The van der Waals surface area contributed by atoms with Crippen LogP contribution in [0.2, 0.25) is 5.02 Å². The molecule has 1 aromatic heterocycles. The molecule has 4 rings (SSSR count). The maximum absolute atomic E-state index is 11.5. The number of hydrogen-bond donors (Lipinski definition) is 3. The lowest BCUT2D eigenvalue weighted by molar-refractivity contribution is -0.119. The number of aromatic nitrogens is 1. The molecular formula is C24H20ClN3O4. The molecule has 32 heavy (non-hydrogen) atoms. The molecule has 1 heterocycles. The molecule has 7 nitrogen and oxygen atoms in total. The molecule has 4 aromatic rings. The molecule has 4 N–H and O–H groups in total. The minimum atomic E-state index is -1.05. The Kier molecular flexibility index (Phi) is 6.00. The van der Waals surface area contributed by atoms with Crippen LogP contribution in [0.4, 0.5) is 11.4 Å². The number of rotatable bonds is 8. The zero-order valence-corrected chi connectivity index (χ0v) is 17.7. The number of benzene rings is 3. The number of aromatic carboxylic acids is 1. The van der Waals surface area contributed by atoms with Crippen LogP contribution < -0.4 is 15.8 Å². The van der Waals surface area contributed by atoms with Crippen molar-refractivity contribution < 1.29 is 19.4 Å². The first-order valence-electron chi connectivity index (χ1n) is 9.78. The second-order valence-corrected chi connectivity index (χ2v) is 7.68. The number of amides is 1. The van der Waals surface area contributed by atoms with Crippen LogP contribution >= 0.6 is 11.6 Å². The molecule has 0 aliphatic carbocycles. The van der Waals surface area contributed by atoms with Gasteiger partial charge in [0.2, 0.25) is 0 Å². The first kappa shape index (κ1) is 21.3. The molecule has 0 spiro atoms. The molecule has 0 bridgehead atoms. The zero-order chi connectivity index (χ0) is 22.7. The van der Waals surface area contributed by atoms with Crippen molar-refractivity contribution in [2.75, 3.05) is 11.9 Å². The van der Waals surface area contributed by atoms with Crippen molar-refractivity contribution in [2.45, 2.75) is 6.54 Å². The van der Waals surface area contributed by atoms with Crippen LogP contribution in [0.3, 0.4) is 0 Å². The van der Waals surface area contributed by atoms with E-state index in [1.807, 2.05) is 48.7 Å². The Morgan fingerprint density at radius 3 is 2.69 bits per heavy atom. The fourth-order valence-corrected chi connectivity index (χ4v) is 3.63. The smallest absolute Gasteiger partial charge is 0.337 e. The fraction of sp³-hybridized carbons (Fsp3) is 0.0833. The molecule has 0 unspecified atom stereocenters. The molecule has 3 aromatic carbocycles. The Balaban J connectivity index is 1.55. The molecule has 8 heteroatoms. The van der Waals surface area contributed by atoms with Crippen molar-refractivity contribution >= 4 is 45.8 Å². The second-order valence-electron chi connectivity index (χ2n) is 7.24. The van der Waals surface area contributed by atoms with Crippen molar-refractivity contribution in [3.63, 3.8) is 0 Å². The van der Waals surface area contributed by atoms with Gasteiger partial charge in [-0.25, -0.2) is 4.79 Å². The minimum Gasteiger partial charge on any atom is -0.484 e. The van der Waals surface area contributed by atoms with Gasteiger partial charge in [-0.05, 0) is 60.2 Å². The summed E-state index contributed by atoms with van der Waals surface area (Å²) in [5.41, 5.74) is 8.50. The third kappa shape index (κ3) is 4.84. The number of carboxylic acid groups (broad SMARTS) is 1. The molecule has 0 atom stereocenters. The largest absolute Gasteiger partial charge is 0.484 e. The SMILES string of the molecule is NC(=O)COc1cccc(Cn2ccc3cc(Nc4ccc(Cl)cc4C(=O)O)ccc32)c1. The Hall–Kier alpha value is -3.97. The molecule has 0 radical (unpaired) electrons. The fourth-order valence-electron chi connectivity index (χ4n) is 3.46. The first-order valence-corrected chi connectivity index (χ1v) is 10.2. The van der Waals surface area contributed by atoms with E-state index in [1.54, 1.807) is 18.2 Å². The van der Waals surface area contributed by atoms with Gasteiger partial charge in [0.25, 0.3) is 5.91 Å². The highest BCUT2D eigenvalue weighted by Gasteiger charge is 2.12. The van der Waals surface area contributed by atoms with E-state index in [9.17, 15) is 14.7 Å². The predicted molar refractivity (Wildman–Crippen MR) is 124 cm³/mol. The summed E-state index contributed by atoms with van der Waals surface area (Å²) in [5, 5.41) is 14.0. The molecular weight excluding hydrogens is 430 g/mol. The summed E-state index contributed by atoms with van der Waals surface area (Å²) in [6.45, 7) is 0.452. The number of fused-ring (bicyclic) bond motifs is 1. The molecule has 0 aliphatic heterocycles. The summed E-state index contributed by atoms with van der Waals surface area (Å²) >= 11 is 5.93. The number of hydrogen-bond acceptors (Lipinski definition) is 4. The van der Waals surface area contributed by atoms with Crippen molar-refractivity contribution in [3.05, 3.63) is 89.1 Å². The van der Waals surface area contributed by atoms with Gasteiger partial charge in [0, 0.05) is 34.4 Å². The van der Waals surface area contributed by atoms with Gasteiger partial charge in [-0.1, -0.05) is 23.7 Å². The van der Waals surface area contributed by atoms with Crippen LogP contribution in [0.15, 0.2) is 72.9 Å². The van der Waals surface area contributed by atoms with E-state index in [1.165, 1.54) is 6.07 Å². The number of nitrogens with two attached hydrogens (primary N) is 1. The molecule has 0 fully saturated rings. The standard InChI is InChI=1S/C24H20ClN3O4/c25-17-4-6-21(20(12-17)24(30)31)27-18-5-7-22-16(11-18)8-9-28(22)13-15-2-1-3-19(10-15)32-14-23(26)29/h1-12,27H,13-14H2,(H2,26,29)(H,30,31). The molecule has 0 aliphatic rings. The van der Waals surface area contributed by atoms with E-state index in [0.29, 0.717) is 23.0 Å². The summed E-state index contributed by atoms with van der Waals surface area (Å²) in [4.78, 5) is 22.4. The van der Waals surface area contributed by atoms with Gasteiger partial charge in [0.05, 0.1) is 11.3 Å². The van der Waals surface area contributed by atoms with E-state index in [-0.39, 0.29) is 12.2 Å². The number of primary amides is 1. The van der Waals surface area contributed by atoms with Gasteiger partial charge in [-0.15, -0.1) is 0 Å². The maximum atomic E-state index is 11.5. The number of carbonyl (C=O) groups is 2. The van der Waals surface area contributed by atoms with Gasteiger partial charge in [0.15, 0.2) is 6.61 Å². The normalized spacial score (nSPS) is 10.8. The lowest BCUT2D eigenvalue weighted by atomic mass is 10.1. The number of carbonyl (C=O) groups excluding carboxylic acids is 1. The number of anilines is 2. The first-order chi connectivity index (χ1) is 15.4. The lowest BCUT2D eigenvalue weighted by Gasteiger charge is -2.11. The predicted octanol–water partition coefficient (Wildman–Crippen LogP) is 4.65. The molecule has 1 amide bonds. The van der Waals surface area contributed by atoms with Gasteiger partial charge >= 0.3 is 5.97 Å². The third-order valence-electron chi connectivity index (χ3n) is 4.89. The van der Waals surface area contributed by atoms with Gasteiger partial charge in [0.1, 0.15) is 5.75 Å². The van der Waals surface area contributed by atoms with Crippen LogP contribution in [0, 0.1) is 0 Å². The van der Waals surface area contributed by atoms with Crippen molar-refractivity contribution in [1.29, 1.82) is 0 Å². The Morgan fingerprint density at radius 2 is 1.91 bits per heavy atom. The summed E-state index contributed by atoms with van der Waals surface area (Å²) in [6, 6.07) is 20.0. The molecule has 0 saturated heterocycles. The van der Waals surface area contributed by atoms with Crippen molar-refractivity contribution in [2.24, 2.45) is 5.73 Å².